The minimum Gasteiger partial charge on any atom is -0.481 e. The number of nitrogens with zero attached hydrogens (tertiary/aromatic N) is 1. The zero-order chi connectivity index (χ0) is 10.6. The van der Waals surface area contributed by atoms with Crippen LogP contribution in [0.25, 0.3) is 0 Å². The van der Waals surface area contributed by atoms with Crippen LogP contribution in [-0.2, 0) is 4.79 Å². The van der Waals surface area contributed by atoms with Crippen LogP contribution in [-0.4, -0.2) is 22.5 Å². The highest BCUT2D eigenvalue weighted by molar-refractivity contribution is 5.67. The molecule has 1 rings (SSSR count). The summed E-state index contributed by atoms with van der Waals surface area (Å²) in [6.07, 6.45) is 1.07. The number of hydrogen-bond donors (Lipinski definition) is 1. The van der Waals surface area contributed by atoms with E-state index in [0.717, 1.165) is 0 Å². The molecule has 0 radical (unpaired) electrons. The fraction of sp³-hybridized carbons (Fsp3) is 0.375. The largest absolute Gasteiger partial charge is 0.481 e. The van der Waals surface area contributed by atoms with E-state index < -0.39 is 23.4 Å². The van der Waals surface area contributed by atoms with E-state index in [1.165, 1.54) is 12.3 Å². The van der Waals surface area contributed by atoms with E-state index in [2.05, 4.69) is 0 Å². The Morgan fingerprint density at radius 3 is 2.86 bits per heavy atom. The zero-order valence-electron chi connectivity index (χ0n) is 7.25. The monoisotopic (exact) mass is 199 g/mol. The summed E-state index contributed by atoms with van der Waals surface area (Å²) >= 11 is 0. The quantitative estimate of drug-likeness (QED) is 0.566. The van der Waals surface area contributed by atoms with Gasteiger partial charge in [-0.15, -0.1) is 0 Å². The van der Waals surface area contributed by atoms with Gasteiger partial charge in [0.15, 0.2) is 0 Å². The number of nitro groups is 1. The molecule has 0 spiro atoms. The Hall–Kier alpha value is -1.85. The second kappa shape index (κ2) is 4.40. The van der Waals surface area contributed by atoms with Crippen molar-refractivity contribution in [1.29, 1.82) is 0 Å². The molecule has 6 nitrogen and oxygen atoms in total. The van der Waals surface area contributed by atoms with Crippen molar-refractivity contribution >= 4 is 5.97 Å². The summed E-state index contributed by atoms with van der Waals surface area (Å²) in [4.78, 5) is 20.1. The summed E-state index contributed by atoms with van der Waals surface area (Å²) in [6.45, 7) is -0.431. The third-order valence-electron chi connectivity index (χ3n) is 1.74. The Bertz CT molecular complexity index is 302. The number of carbonyl (C=O) groups is 1. The van der Waals surface area contributed by atoms with Crippen LogP contribution in [0.4, 0.5) is 0 Å². The van der Waals surface area contributed by atoms with E-state index in [9.17, 15) is 14.9 Å². The minimum absolute atomic E-state index is 0.297. The predicted octanol–water partition coefficient (Wildman–Crippen LogP) is 1.11. The summed E-state index contributed by atoms with van der Waals surface area (Å²) in [5, 5.41) is 18.8. The fourth-order valence-electron chi connectivity index (χ4n) is 1.17. The molecule has 0 aliphatic carbocycles. The highest BCUT2D eigenvalue weighted by atomic mass is 16.6. The first-order valence-corrected chi connectivity index (χ1v) is 3.96. The maximum absolute atomic E-state index is 10.4. The van der Waals surface area contributed by atoms with Gasteiger partial charge >= 0.3 is 5.97 Å². The number of furan rings is 1. The summed E-state index contributed by atoms with van der Waals surface area (Å²) < 4.78 is 4.93. The summed E-state index contributed by atoms with van der Waals surface area (Å²) in [5.74, 6) is -1.44. The number of aliphatic carboxylic acids is 1. The average molecular weight is 199 g/mol. The first-order valence-electron chi connectivity index (χ1n) is 3.96. The van der Waals surface area contributed by atoms with E-state index in [1.807, 2.05) is 0 Å². The molecule has 0 bridgehead atoms. The molecule has 0 aliphatic heterocycles. The highest BCUT2D eigenvalue weighted by Crippen LogP contribution is 2.20. The van der Waals surface area contributed by atoms with Crippen molar-refractivity contribution in [2.24, 2.45) is 0 Å². The molecule has 0 fully saturated rings. The SMILES string of the molecule is O=C(O)CC(C[N+](=O)[O-])c1ccco1. The molecule has 1 unspecified atom stereocenters. The maximum Gasteiger partial charge on any atom is 0.304 e. The van der Waals surface area contributed by atoms with E-state index in [0.29, 0.717) is 5.76 Å². The summed E-state index contributed by atoms with van der Waals surface area (Å²) in [5.41, 5.74) is 0. The lowest BCUT2D eigenvalue weighted by atomic mass is 10.0. The molecular formula is C8H9NO5. The standard InChI is InChI=1S/C8H9NO5/c10-8(11)4-6(5-9(12)13)7-2-1-3-14-7/h1-3,6H,4-5H2,(H,10,11). The van der Waals surface area contributed by atoms with Crippen LogP contribution in [0.1, 0.15) is 18.1 Å². The first kappa shape index (κ1) is 10.2. The van der Waals surface area contributed by atoms with E-state index in [1.54, 1.807) is 6.07 Å². The second-order valence-corrected chi connectivity index (χ2v) is 2.83. The van der Waals surface area contributed by atoms with Gasteiger partial charge in [0.25, 0.3) is 0 Å². The number of hydrogen-bond acceptors (Lipinski definition) is 4. The smallest absolute Gasteiger partial charge is 0.304 e. The van der Waals surface area contributed by atoms with Crippen LogP contribution < -0.4 is 0 Å². The van der Waals surface area contributed by atoms with Crippen LogP contribution in [0.15, 0.2) is 22.8 Å². The van der Waals surface area contributed by atoms with Crippen LogP contribution in [0.5, 0.6) is 0 Å². The zero-order valence-corrected chi connectivity index (χ0v) is 7.25. The van der Waals surface area contributed by atoms with Crippen molar-refractivity contribution < 1.29 is 19.2 Å². The topological polar surface area (TPSA) is 93.6 Å². The van der Waals surface area contributed by atoms with Crippen molar-refractivity contribution in [1.82, 2.24) is 0 Å². The lowest BCUT2D eigenvalue weighted by molar-refractivity contribution is -0.483. The van der Waals surface area contributed by atoms with Gasteiger partial charge < -0.3 is 9.52 Å². The Morgan fingerprint density at radius 2 is 2.43 bits per heavy atom. The molecule has 0 aliphatic rings. The molecule has 0 saturated carbocycles. The molecule has 6 heteroatoms. The number of carboxylic acid groups (broad SMARTS) is 1. The molecule has 0 aromatic carbocycles. The fourth-order valence-corrected chi connectivity index (χ4v) is 1.17. The molecule has 76 valence electrons. The van der Waals surface area contributed by atoms with Gasteiger partial charge in [-0.2, -0.15) is 0 Å². The van der Waals surface area contributed by atoms with Crippen LogP contribution in [0, 0.1) is 10.1 Å². The predicted molar refractivity (Wildman–Crippen MR) is 45.6 cm³/mol. The van der Waals surface area contributed by atoms with Gasteiger partial charge in [-0.1, -0.05) is 0 Å². The molecule has 1 aromatic heterocycles. The van der Waals surface area contributed by atoms with Crippen LogP contribution in [0.3, 0.4) is 0 Å². The van der Waals surface area contributed by atoms with E-state index >= 15 is 0 Å². The van der Waals surface area contributed by atoms with Crippen molar-refractivity contribution in [3.8, 4) is 0 Å². The lowest BCUT2D eigenvalue weighted by Crippen LogP contribution is -2.15. The van der Waals surface area contributed by atoms with Gasteiger partial charge in [-0.3, -0.25) is 14.9 Å². The van der Waals surface area contributed by atoms with Gasteiger partial charge in [0.1, 0.15) is 5.76 Å². The lowest BCUT2D eigenvalue weighted by Gasteiger charge is -2.06. The van der Waals surface area contributed by atoms with Crippen LogP contribution >= 0.6 is 0 Å². The van der Waals surface area contributed by atoms with E-state index in [-0.39, 0.29) is 6.42 Å². The summed E-state index contributed by atoms with van der Waals surface area (Å²) in [6, 6.07) is 3.11. The van der Waals surface area contributed by atoms with Gasteiger partial charge in [0, 0.05) is 4.92 Å². The van der Waals surface area contributed by atoms with Crippen LogP contribution in [0.2, 0.25) is 0 Å². The van der Waals surface area contributed by atoms with Gasteiger partial charge in [0.05, 0.1) is 18.6 Å². The van der Waals surface area contributed by atoms with Crippen molar-refractivity contribution in [3.05, 3.63) is 34.3 Å². The number of rotatable bonds is 5. The molecule has 1 N–H and O–H groups in total. The Labute approximate surface area is 79.3 Å². The molecule has 0 saturated heterocycles. The average Bonchev–Trinajstić information content (AvgIpc) is 2.52. The van der Waals surface area contributed by atoms with Crippen molar-refractivity contribution in [3.63, 3.8) is 0 Å². The molecule has 14 heavy (non-hydrogen) atoms. The second-order valence-electron chi connectivity index (χ2n) is 2.83. The Balaban J connectivity index is 2.71. The molecular weight excluding hydrogens is 190 g/mol. The van der Waals surface area contributed by atoms with Gasteiger partial charge in [-0.05, 0) is 12.1 Å². The van der Waals surface area contributed by atoms with Gasteiger partial charge in [-0.25, -0.2) is 0 Å². The van der Waals surface area contributed by atoms with E-state index in [4.69, 9.17) is 9.52 Å². The van der Waals surface area contributed by atoms with Gasteiger partial charge in [0.2, 0.25) is 6.54 Å². The third kappa shape index (κ3) is 2.89. The third-order valence-corrected chi connectivity index (χ3v) is 1.74. The summed E-state index contributed by atoms with van der Waals surface area (Å²) in [7, 11) is 0. The highest BCUT2D eigenvalue weighted by Gasteiger charge is 2.23. The molecule has 1 heterocycles. The minimum atomic E-state index is -1.08. The molecule has 0 amide bonds. The first-order chi connectivity index (χ1) is 6.59. The number of carboxylic acids is 1. The normalized spacial score (nSPS) is 12.3. The molecule has 1 aromatic rings. The van der Waals surface area contributed by atoms with Crippen molar-refractivity contribution in [2.75, 3.05) is 6.54 Å². The maximum atomic E-state index is 10.4. The Morgan fingerprint density at radius 1 is 1.71 bits per heavy atom. The Kier molecular flexibility index (Phi) is 3.22. The van der Waals surface area contributed by atoms with Crippen molar-refractivity contribution in [2.45, 2.75) is 12.3 Å². The molecule has 1 atom stereocenters.